The van der Waals surface area contributed by atoms with Crippen LogP contribution in [-0.4, -0.2) is 32.5 Å². The lowest BCUT2D eigenvalue weighted by Crippen LogP contribution is -2.32. The second-order valence-corrected chi connectivity index (χ2v) is 6.54. The smallest absolute Gasteiger partial charge is 0.243 e. The van der Waals surface area contributed by atoms with Crippen LogP contribution in [0.5, 0.6) is 0 Å². The van der Waals surface area contributed by atoms with E-state index in [1.165, 1.54) is 4.31 Å². The highest BCUT2D eigenvalue weighted by Crippen LogP contribution is 2.16. The molecule has 0 aliphatic carbocycles. The zero-order valence-electron chi connectivity index (χ0n) is 12.1. The number of hydrogen-bond acceptors (Lipinski definition) is 3. The van der Waals surface area contributed by atoms with Crippen LogP contribution in [0.3, 0.4) is 0 Å². The maximum Gasteiger partial charge on any atom is 0.243 e. The average Bonchev–Trinajstić information content (AvgIpc) is 2.46. The molecular weight excluding hydrogens is 272 g/mol. The number of nitrogens with zero attached hydrogens (tertiary/aromatic N) is 2. The highest BCUT2D eigenvalue weighted by Gasteiger charge is 2.22. The van der Waals surface area contributed by atoms with Crippen LogP contribution in [0, 0.1) is 5.92 Å². The first kappa shape index (κ1) is 16.6. The number of sulfonamides is 1. The van der Waals surface area contributed by atoms with Gasteiger partial charge < -0.3 is 0 Å². The third-order valence-corrected chi connectivity index (χ3v) is 5.08. The van der Waals surface area contributed by atoms with Gasteiger partial charge in [0.2, 0.25) is 10.0 Å². The van der Waals surface area contributed by atoms with Crippen molar-refractivity contribution < 1.29 is 8.42 Å². The van der Waals surface area contributed by atoms with E-state index in [-0.39, 0.29) is 5.92 Å². The number of benzene rings is 1. The zero-order chi connectivity index (χ0) is 15.0. The van der Waals surface area contributed by atoms with Gasteiger partial charge in [0.1, 0.15) is 0 Å². The maximum absolute atomic E-state index is 12.5. The molecule has 0 aliphatic rings. The minimum atomic E-state index is -3.39. The maximum atomic E-state index is 12.5. The molecule has 1 atom stereocenters. The van der Waals surface area contributed by atoms with Gasteiger partial charge in [-0.2, -0.15) is 4.31 Å². The number of aliphatic imine (C=N–C) groups is 1. The summed E-state index contributed by atoms with van der Waals surface area (Å²) in [6, 6.07) is 8.54. The Bertz CT molecular complexity index is 538. The van der Waals surface area contributed by atoms with Crippen molar-refractivity contribution in [2.75, 3.05) is 13.1 Å². The van der Waals surface area contributed by atoms with Gasteiger partial charge in [0.05, 0.1) is 4.90 Å². The molecule has 0 fully saturated rings. The predicted octanol–water partition coefficient (Wildman–Crippen LogP) is 2.94. The summed E-state index contributed by atoms with van der Waals surface area (Å²) in [5.41, 5.74) is 0. The second-order valence-electron chi connectivity index (χ2n) is 4.60. The first-order chi connectivity index (χ1) is 9.52. The van der Waals surface area contributed by atoms with Crippen LogP contribution in [-0.2, 0) is 10.0 Å². The monoisotopic (exact) mass is 294 g/mol. The Morgan fingerprint density at radius 1 is 1.35 bits per heavy atom. The summed E-state index contributed by atoms with van der Waals surface area (Å²) in [7, 11) is -3.39. The van der Waals surface area contributed by atoms with Crippen LogP contribution in [0.25, 0.3) is 0 Å². The topological polar surface area (TPSA) is 49.7 Å². The standard InChI is InChI=1S/C15H22N2O2S/c1-4-17(13-11-14(2)10-12-16-3)20(18,19)15-8-6-5-7-9-15/h5-10,12,14H,3-4,11,13H2,1-2H3. The summed E-state index contributed by atoms with van der Waals surface area (Å²) in [6.45, 7) is 8.23. The fourth-order valence-electron chi connectivity index (χ4n) is 1.84. The molecular formula is C15H22N2O2S. The molecule has 0 aliphatic heterocycles. The molecule has 20 heavy (non-hydrogen) atoms. The second kappa shape index (κ2) is 7.97. The molecule has 4 nitrogen and oxygen atoms in total. The van der Waals surface area contributed by atoms with Gasteiger partial charge in [-0.15, -0.1) is 0 Å². The van der Waals surface area contributed by atoms with Crippen molar-refractivity contribution >= 4 is 16.7 Å². The first-order valence-electron chi connectivity index (χ1n) is 6.70. The lowest BCUT2D eigenvalue weighted by atomic mass is 10.1. The molecule has 0 aromatic heterocycles. The Kier molecular flexibility index (Phi) is 6.61. The summed E-state index contributed by atoms with van der Waals surface area (Å²) in [5.74, 6) is 0.264. The molecule has 110 valence electrons. The van der Waals surface area contributed by atoms with Crippen molar-refractivity contribution in [1.29, 1.82) is 0 Å². The van der Waals surface area contributed by atoms with Gasteiger partial charge in [0.25, 0.3) is 0 Å². The molecule has 0 saturated carbocycles. The Labute approximate surface area is 121 Å². The van der Waals surface area contributed by atoms with E-state index in [0.29, 0.717) is 18.0 Å². The Balaban J connectivity index is 2.76. The lowest BCUT2D eigenvalue weighted by molar-refractivity contribution is 0.403. The highest BCUT2D eigenvalue weighted by molar-refractivity contribution is 7.89. The van der Waals surface area contributed by atoms with E-state index in [9.17, 15) is 8.42 Å². The average molecular weight is 294 g/mol. The number of hydrogen-bond donors (Lipinski definition) is 0. The molecule has 0 radical (unpaired) electrons. The molecule has 1 aromatic carbocycles. The van der Waals surface area contributed by atoms with Gasteiger partial charge in [-0.1, -0.05) is 38.1 Å². The third kappa shape index (κ3) is 4.58. The van der Waals surface area contributed by atoms with Gasteiger partial charge in [-0.05, 0) is 31.2 Å². The summed E-state index contributed by atoms with van der Waals surface area (Å²) in [5, 5.41) is 0. The molecule has 0 bridgehead atoms. The van der Waals surface area contributed by atoms with E-state index in [2.05, 4.69) is 11.7 Å². The molecule has 0 spiro atoms. The van der Waals surface area contributed by atoms with Crippen molar-refractivity contribution in [3.8, 4) is 0 Å². The SMILES string of the molecule is C=NC=CC(C)CCN(CC)S(=O)(=O)c1ccccc1. The Morgan fingerprint density at radius 2 is 2.00 bits per heavy atom. The van der Waals surface area contributed by atoms with Crippen molar-refractivity contribution in [2.45, 2.75) is 25.2 Å². The van der Waals surface area contributed by atoms with Crippen LogP contribution in [0.1, 0.15) is 20.3 Å². The molecule has 0 amide bonds. The molecule has 0 saturated heterocycles. The van der Waals surface area contributed by atoms with Crippen LogP contribution < -0.4 is 0 Å². The molecule has 1 unspecified atom stereocenters. The summed E-state index contributed by atoms with van der Waals surface area (Å²) in [6.07, 6.45) is 4.33. The predicted molar refractivity (Wildman–Crippen MR) is 83.3 cm³/mol. The quantitative estimate of drug-likeness (QED) is 0.692. The minimum Gasteiger partial charge on any atom is -0.273 e. The van der Waals surface area contributed by atoms with E-state index >= 15 is 0 Å². The van der Waals surface area contributed by atoms with Gasteiger partial charge >= 0.3 is 0 Å². The van der Waals surface area contributed by atoms with Gasteiger partial charge in [0, 0.05) is 19.3 Å². The van der Waals surface area contributed by atoms with Gasteiger partial charge in [0.15, 0.2) is 0 Å². The number of allylic oxidation sites excluding steroid dienone is 1. The minimum absolute atomic E-state index is 0.264. The molecule has 1 aromatic rings. The van der Waals surface area contributed by atoms with Crippen LogP contribution >= 0.6 is 0 Å². The van der Waals surface area contributed by atoms with E-state index in [1.807, 2.05) is 26.0 Å². The highest BCUT2D eigenvalue weighted by atomic mass is 32.2. The Hall–Kier alpha value is -1.46. The van der Waals surface area contributed by atoms with Gasteiger partial charge in [-0.25, -0.2) is 8.42 Å². The van der Waals surface area contributed by atoms with Crippen molar-refractivity contribution in [1.82, 2.24) is 4.31 Å². The first-order valence-corrected chi connectivity index (χ1v) is 8.14. The van der Waals surface area contributed by atoms with Crippen LogP contribution in [0.15, 0.2) is 52.5 Å². The van der Waals surface area contributed by atoms with E-state index in [0.717, 1.165) is 6.42 Å². The van der Waals surface area contributed by atoms with Crippen molar-refractivity contribution in [2.24, 2.45) is 10.9 Å². The van der Waals surface area contributed by atoms with E-state index < -0.39 is 10.0 Å². The lowest BCUT2D eigenvalue weighted by Gasteiger charge is -2.21. The summed E-state index contributed by atoms with van der Waals surface area (Å²) in [4.78, 5) is 4.00. The summed E-state index contributed by atoms with van der Waals surface area (Å²) >= 11 is 0. The Morgan fingerprint density at radius 3 is 2.55 bits per heavy atom. The normalized spacial score (nSPS) is 13.8. The molecule has 0 heterocycles. The van der Waals surface area contributed by atoms with Crippen LogP contribution in [0.2, 0.25) is 0 Å². The third-order valence-electron chi connectivity index (χ3n) is 3.09. The molecule has 0 N–H and O–H groups in total. The molecule has 1 rings (SSSR count). The number of rotatable bonds is 8. The van der Waals surface area contributed by atoms with Crippen molar-refractivity contribution in [3.63, 3.8) is 0 Å². The largest absolute Gasteiger partial charge is 0.273 e. The fraction of sp³-hybridized carbons (Fsp3) is 0.400. The zero-order valence-corrected chi connectivity index (χ0v) is 12.9. The summed E-state index contributed by atoms with van der Waals surface area (Å²) < 4.78 is 26.4. The van der Waals surface area contributed by atoms with E-state index in [1.54, 1.807) is 30.5 Å². The van der Waals surface area contributed by atoms with Crippen molar-refractivity contribution in [3.05, 3.63) is 42.6 Å². The fourth-order valence-corrected chi connectivity index (χ4v) is 3.33. The van der Waals surface area contributed by atoms with Gasteiger partial charge in [-0.3, -0.25) is 4.99 Å². The van der Waals surface area contributed by atoms with Crippen LogP contribution in [0.4, 0.5) is 0 Å². The molecule has 5 heteroatoms. The van der Waals surface area contributed by atoms with E-state index in [4.69, 9.17) is 0 Å².